The van der Waals surface area contributed by atoms with Crippen molar-refractivity contribution in [3.05, 3.63) is 64.7 Å². The van der Waals surface area contributed by atoms with Gasteiger partial charge in [0.2, 0.25) is 0 Å². The molecule has 3 aromatic rings. The normalized spacial score (nSPS) is 11.0. The standard InChI is InChI=1S/C22H23FO5/c1-4-15-7-14(8-17-9-19(13-25-2)28-22(15)17)12-27-20-11-18(23)6-5-16(20)10-21(24)26-3/h5-9,11H,4,10,12-13H2,1-3H3. The Hall–Kier alpha value is -2.86. The molecule has 1 heterocycles. The fraction of sp³-hybridized carbons (Fsp3) is 0.318. The van der Waals surface area contributed by atoms with Crippen LogP contribution < -0.4 is 4.74 Å². The summed E-state index contributed by atoms with van der Waals surface area (Å²) in [5.74, 6) is 0.258. The summed E-state index contributed by atoms with van der Waals surface area (Å²) in [7, 11) is 2.94. The number of esters is 1. The zero-order chi connectivity index (χ0) is 20.1. The molecule has 0 radical (unpaired) electrons. The Kier molecular flexibility index (Phi) is 6.31. The van der Waals surface area contributed by atoms with Crippen LogP contribution in [0.15, 0.2) is 40.8 Å². The summed E-state index contributed by atoms with van der Waals surface area (Å²) in [5.41, 5.74) is 3.42. The first-order valence-electron chi connectivity index (χ1n) is 9.05. The Morgan fingerprint density at radius 1 is 1.07 bits per heavy atom. The molecule has 148 valence electrons. The van der Waals surface area contributed by atoms with Gasteiger partial charge < -0.3 is 18.6 Å². The van der Waals surface area contributed by atoms with Gasteiger partial charge in [0.1, 0.15) is 36.1 Å². The van der Waals surface area contributed by atoms with E-state index in [1.165, 1.54) is 25.3 Å². The van der Waals surface area contributed by atoms with Crippen molar-refractivity contribution in [2.75, 3.05) is 14.2 Å². The van der Waals surface area contributed by atoms with Crippen LogP contribution in [0.4, 0.5) is 4.39 Å². The van der Waals surface area contributed by atoms with Crippen LogP contribution in [-0.2, 0) is 40.3 Å². The molecule has 0 spiro atoms. The maximum Gasteiger partial charge on any atom is 0.310 e. The number of hydrogen-bond acceptors (Lipinski definition) is 5. The summed E-state index contributed by atoms with van der Waals surface area (Å²) in [6.07, 6.45) is 0.825. The van der Waals surface area contributed by atoms with E-state index in [0.29, 0.717) is 17.9 Å². The van der Waals surface area contributed by atoms with Crippen LogP contribution in [0.3, 0.4) is 0 Å². The molecule has 5 nitrogen and oxygen atoms in total. The van der Waals surface area contributed by atoms with Crippen LogP contribution in [0.1, 0.15) is 29.4 Å². The Labute approximate surface area is 163 Å². The molecule has 0 unspecified atom stereocenters. The number of hydrogen-bond donors (Lipinski definition) is 0. The van der Waals surface area contributed by atoms with E-state index in [9.17, 15) is 9.18 Å². The predicted octanol–water partition coefficient (Wildman–Crippen LogP) is 4.58. The Balaban J connectivity index is 1.85. The fourth-order valence-corrected chi connectivity index (χ4v) is 3.10. The first-order valence-corrected chi connectivity index (χ1v) is 9.05. The smallest absolute Gasteiger partial charge is 0.310 e. The molecule has 0 fully saturated rings. The minimum absolute atomic E-state index is 0.0213. The molecule has 0 aliphatic carbocycles. The van der Waals surface area contributed by atoms with E-state index < -0.39 is 11.8 Å². The number of carbonyl (C=O) groups is 1. The summed E-state index contributed by atoms with van der Waals surface area (Å²) < 4.78 is 35.2. The van der Waals surface area contributed by atoms with Gasteiger partial charge in [-0.05, 0) is 41.8 Å². The van der Waals surface area contributed by atoms with Crippen LogP contribution in [-0.4, -0.2) is 20.2 Å². The average molecular weight is 386 g/mol. The summed E-state index contributed by atoms with van der Waals surface area (Å²) in [5, 5.41) is 0.971. The van der Waals surface area contributed by atoms with Gasteiger partial charge >= 0.3 is 5.97 Å². The molecule has 3 rings (SSSR count). The summed E-state index contributed by atoms with van der Waals surface area (Å²) >= 11 is 0. The number of ether oxygens (including phenoxy) is 3. The Morgan fingerprint density at radius 2 is 1.89 bits per heavy atom. The maximum absolute atomic E-state index is 13.7. The second-order valence-corrected chi connectivity index (χ2v) is 6.47. The van der Waals surface area contributed by atoms with Gasteiger partial charge in [-0.2, -0.15) is 0 Å². The van der Waals surface area contributed by atoms with Crippen molar-refractivity contribution < 1.29 is 27.8 Å². The highest BCUT2D eigenvalue weighted by molar-refractivity contribution is 5.82. The highest BCUT2D eigenvalue weighted by Gasteiger charge is 2.13. The number of benzene rings is 2. The summed E-state index contributed by atoms with van der Waals surface area (Å²) in [4.78, 5) is 11.6. The molecule has 0 N–H and O–H groups in total. The molecule has 1 aromatic heterocycles. The molecule has 0 aliphatic heterocycles. The number of halogens is 1. The van der Waals surface area contributed by atoms with Gasteiger partial charge in [-0.25, -0.2) is 4.39 Å². The highest BCUT2D eigenvalue weighted by atomic mass is 19.1. The third-order valence-electron chi connectivity index (χ3n) is 4.46. The number of aryl methyl sites for hydroxylation is 1. The second kappa shape index (κ2) is 8.89. The lowest BCUT2D eigenvalue weighted by atomic mass is 10.1. The zero-order valence-electron chi connectivity index (χ0n) is 16.2. The van der Waals surface area contributed by atoms with Crippen LogP contribution >= 0.6 is 0 Å². The van der Waals surface area contributed by atoms with Gasteiger partial charge in [-0.1, -0.05) is 13.0 Å². The molecule has 0 bridgehead atoms. The third kappa shape index (κ3) is 4.51. The Bertz CT molecular complexity index is 976. The minimum Gasteiger partial charge on any atom is -0.488 e. The van der Waals surface area contributed by atoms with Crippen molar-refractivity contribution >= 4 is 16.9 Å². The number of carbonyl (C=O) groups excluding carboxylic acids is 1. The van der Waals surface area contributed by atoms with Crippen molar-refractivity contribution in [1.29, 1.82) is 0 Å². The SMILES string of the molecule is CCc1cc(COc2cc(F)ccc2CC(=O)OC)cc2cc(COC)oc12. The first-order chi connectivity index (χ1) is 13.5. The lowest BCUT2D eigenvalue weighted by molar-refractivity contribution is -0.139. The van der Waals surface area contributed by atoms with Gasteiger partial charge in [0, 0.05) is 24.1 Å². The predicted molar refractivity (Wildman–Crippen MR) is 103 cm³/mol. The molecule has 0 amide bonds. The highest BCUT2D eigenvalue weighted by Crippen LogP contribution is 2.28. The minimum atomic E-state index is -0.424. The first kappa shape index (κ1) is 19.9. The van der Waals surface area contributed by atoms with Crippen molar-refractivity contribution in [1.82, 2.24) is 0 Å². The number of furan rings is 1. The van der Waals surface area contributed by atoms with E-state index in [-0.39, 0.29) is 13.0 Å². The molecule has 6 heteroatoms. The van der Waals surface area contributed by atoms with Gasteiger partial charge in [-0.3, -0.25) is 4.79 Å². The van der Waals surface area contributed by atoms with E-state index in [2.05, 4.69) is 6.92 Å². The maximum atomic E-state index is 13.7. The summed E-state index contributed by atoms with van der Waals surface area (Å²) in [6.45, 7) is 2.70. The molecule has 0 saturated heterocycles. The largest absolute Gasteiger partial charge is 0.488 e. The monoisotopic (exact) mass is 386 g/mol. The van der Waals surface area contributed by atoms with Crippen molar-refractivity contribution in [3.8, 4) is 5.75 Å². The average Bonchev–Trinajstić information content (AvgIpc) is 3.10. The van der Waals surface area contributed by atoms with Crippen LogP contribution in [0, 0.1) is 5.82 Å². The van der Waals surface area contributed by atoms with E-state index >= 15 is 0 Å². The lowest BCUT2D eigenvalue weighted by Crippen LogP contribution is -2.07. The van der Waals surface area contributed by atoms with Crippen LogP contribution in [0.25, 0.3) is 11.0 Å². The second-order valence-electron chi connectivity index (χ2n) is 6.47. The molecular formula is C22H23FO5. The zero-order valence-corrected chi connectivity index (χ0v) is 16.2. The fourth-order valence-electron chi connectivity index (χ4n) is 3.10. The van der Waals surface area contributed by atoms with Gasteiger partial charge in [0.15, 0.2) is 0 Å². The van der Waals surface area contributed by atoms with Gasteiger partial charge in [-0.15, -0.1) is 0 Å². The number of rotatable bonds is 8. The van der Waals surface area contributed by atoms with E-state index in [4.69, 9.17) is 18.6 Å². The van der Waals surface area contributed by atoms with Gasteiger partial charge in [0.25, 0.3) is 0 Å². The van der Waals surface area contributed by atoms with E-state index in [0.717, 1.165) is 34.3 Å². The van der Waals surface area contributed by atoms with E-state index in [1.54, 1.807) is 7.11 Å². The topological polar surface area (TPSA) is 57.9 Å². The van der Waals surface area contributed by atoms with Crippen LogP contribution in [0.5, 0.6) is 5.75 Å². The van der Waals surface area contributed by atoms with E-state index in [1.807, 2.05) is 18.2 Å². The van der Waals surface area contributed by atoms with Crippen molar-refractivity contribution in [3.63, 3.8) is 0 Å². The Morgan fingerprint density at radius 3 is 2.61 bits per heavy atom. The molecule has 28 heavy (non-hydrogen) atoms. The molecule has 2 aromatic carbocycles. The molecule has 0 atom stereocenters. The third-order valence-corrected chi connectivity index (χ3v) is 4.46. The molecule has 0 saturated carbocycles. The molecular weight excluding hydrogens is 363 g/mol. The lowest BCUT2D eigenvalue weighted by Gasteiger charge is -2.12. The van der Waals surface area contributed by atoms with Crippen molar-refractivity contribution in [2.24, 2.45) is 0 Å². The quantitative estimate of drug-likeness (QED) is 0.531. The number of methoxy groups -OCH3 is 2. The molecule has 0 aliphatic rings. The van der Waals surface area contributed by atoms with Crippen molar-refractivity contribution in [2.45, 2.75) is 33.0 Å². The summed E-state index contributed by atoms with van der Waals surface area (Å²) in [6, 6.07) is 10.1. The van der Waals surface area contributed by atoms with Crippen LogP contribution in [0.2, 0.25) is 0 Å². The number of fused-ring (bicyclic) bond motifs is 1. The van der Waals surface area contributed by atoms with Gasteiger partial charge in [0.05, 0.1) is 13.5 Å².